The van der Waals surface area contributed by atoms with Gasteiger partial charge < -0.3 is 61.9 Å². The van der Waals surface area contributed by atoms with Crippen molar-refractivity contribution in [3.8, 4) is 0 Å². The quantitative estimate of drug-likeness (QED) is 0.172. The number of rotatable bonds is 0. The van der Waals surface area contributed by atoms with Crippen molar-refractivity contribution in [2.75, 3.05) is 27.2 Å². The van der Waals surface area contributed by atoms with E-state index in [2.05, 4.69) is 218 Å². The van der Waals surface area contributed by atoms with Crippen LogP contribution >= 0.6 is 0 Å². The Morgan fingerprint density at radius 3 is 0.639 bits per heavy atom. The van der Waals surface area contributed by atoms with Crippen LogP contribution in [0.1, 0.15) is 328 Å². The third-order valence-corrected chi connectivity index (χ3v) is 21.4. The lowest BCUT2D eigenvalue weighted by molar-refractivity contribution is -0.148. The molecule has 25 heteroatoms. The van der Waals surface area contributed by atoms with Gasteiger partial charge in [-0.3, -0.25) is 19.2 Å². The van der Waals surface area contributed by atoms with Gasteiger partial charge in [0.15, 0.2) is 0 Å². The minimum absolute atomic E-state index is 0.0212. The molecule has 1 aromatic heterocycles. The number of oxime groups is 2. The fraction of sp³-hybridized carbons (Fsp3) is 0.819. The molecule has 6 saturated heterocycles. The van der Waals surface area contributed by atoms with Gasteiger partial charge in [-0.05, 0) is 115 Å². The Labute approximate surface area is 717 Å². The smallest absolute Gasteiger partial charge is 0.409 e. The Morgan fingerprint density at radius 1 is 0.319 bits per heavy atom. The Hall–Kier alpha value is -7.21. The van der Waals surface area contributed by atoms with Gasteiger partial charge in [0, 0.05) is 76.8 Å². The molecule has 1 unspecified atom stereocenters. The van der Waals surface area contributed by atoms with Gasteiger partial charge in [0.25, 0.3) is 0 Å². The predicted molar refractivity (Wildman–Crippen MR) is 470 cm³/mol. The number of ether oxygens (including phenoxy) is 8. The number of likely N-dealkylation sites (N-methyl/N-ethyl adjacent to an activating group) is 2. The number of hydrogen-bond donors (Lipinski definition) is 0. The first kappa shape index (κ1) is 110. The van der Waals surface area contributed by atoms with E-state index >= 15 is 0 Å². The van der Waals surface area contributed by atoms with Gasteiger partial charge >= 0.3 is 53.6 Å². The standard InChI is InChI=1S/4C9H16O2.2C9H14O2.2C8H15NO2.C8H13NO2.2C8H15NO/c6*1-6-5-7(9(2,3)4)11-8(6)10;2*1-8(2,3)6-5-9(4)7(10)11-6;1-6-5-9(8(2,3)4)11-7(6)10;2*1-6-5-7(10-9-6)8(2,3)4/h4*6-7H,5H2,1-4H3;2*5,7H,1-4H3;2*6H,5H2,1-4H3;5H,1-4H3;2*7H,5H2,1-4H3/t6?,7-;6-,7+;2*6-,7-;2*7-;2*6-;;2*7-/m11101010.10/s1. The molecule has 0 bridgehead atoms. The summed E-state index contributed by atoms with van der Waals surface area (Å²) in [6, 6.07) is 0. The maximum absolute atomic E-state index is 11.0. The Bertz CT molecular complexity index is 3290. The van der Waals surface area contributed by atoms with Gasteiger partial charge in [0.2, 0.25) is 0 Å². The lowest BCUT2D eigenvalue weighted by atomic mass is 9.86. The molecule has 0 radical (unpaired) electrons. The first-order valence-electron chi connectivity index (χ1n) is 42.7. The molecule has 11 rings (SSSR count). The molecule has 0 spiro atoms. The van der Waals surface area contributed by atoms with Gasteiger partial charge in [0.1, 0.15) is 61.0 Å². The average molecular weight is 1690 g/mol. The summed E-state index contributed by atoms with van der Waals surface area (Å²) in [6.07, 6.45) is 11.6. The van der Waals surface area contributed by atoms with Gasteiger partial charge in [-0.1, -0.05) is 246 Å². The number of aryl methyl sites for hydroxylation is 1. The number of hydrogen-bond acceptors (Lipinski definition) is 22. The number of amides is 2. The molecule has 119 heavy (non-hydrogen) atoms. The number of carbonyl (C=O) groups excluding carboxylic acids is 8. The van der Waals surface area contributed by atoms with Crippen molar-refractivity contribution in [1.82, 2.24) is 14.5 Å². The molecule has 10 aliphatic rings. The van der Waals surface area contributed by atoms with E-state index in [0.29, 0.717) is 18.7 Å². The van der Waals surface area contributed by atoms with E-state index in [4.69, 9.17) is 52.1 Å². The SMILES string of the molecule is CC1=C[C@@H](C(C)(C)C)OC1=O.CC1=C[C@H](C(C)(C)C)OC1=O.CC1=NO[C@@H](C(C)(C)C)C1.CC1=NO[C@H](C(C)(C)C)C1.CC1C[C@H](C(C)(C)C)OC1=O.CN1C[C@@H](C(C)(C)C)OC1=O.CN1C[C@H](C(C)(C)C)OC1=O.C[C@@H]1C[C@@H](C(C)(C)C)OC1=O.C[C@@H]1C[C@H](C(C)(C)C)OC1=O.C[C@H]1C[C@@H](C(C)(C)C)OC1=O.Cc1cn(C(C)(C)C)oc1=O. The van der Waals surface area contributed by atoms with Crippen molar-refractivity contribution in [3.05, 3.63) is 45.5 Å². The van der Waals surface area contributed by atoms with Crippen LogP contribution in [0.3, 0.4) is 0 Å². The predicted octanol–water partition coefficient (Wildman–Crippen LogP) is 20.6. The van der Waals surface area contributed by atoms with Crippen molar-refractivity contribution < 1.29 is 90.4 Å². The fourth-order valence-electron chi connectivity index (χ4n) is 11.7. The summed E-state index contributed by atoms with van der Waals surface area (Å²) in [5, 5.41) is 7.80. The fourth-order valence-corrected chi connectivity index (χ4v) is 11.7. The highest BCUT2D eigenvalue weighted by atomic mass is 16.7. The van der Waals surface area contributed by atoms with Crippen LogP contribution in [-0.2, 0) is 81.9 Å². The summed E-state index contributed by atoms with van der Waals surface area (Å²) >= 11 is 0. The van der Waals surface area contributed by atoms with Crippen LogP contribution in [0, 0.1) is 84.7 Å². The van der Waals surface area contributed by atoms with Crippen molar-refractivity contribution >= 4 is 59.4 Å². The second kappa shape index (κ2) is 43.2. The van der Waals surface area contributed by atoms with E-state index in [1.807, 2.05) is 74.5 Å². The first-order valence-corrected chi connectivity index (χ1v) is 42.7. The number of nitrogens with zero attached hydrogens (tertiary/aromatic N) is 5. The number of aromatic nitrogens is 1. The molecule has 6 fully saturated rings. The zero-order valence-electron chi connectivity index (χ0n) is 82.4. The van der Waals surface area contributed by atoms with E-state index in [1.165, 1.54) is 0 Å². The van der Waals surface area contributed by atoms with E-state index in [0.717, 1.165) is 61.1 Å². The maximum atomic E-state index is 11.0. The van der Waals surface area contributed by atoms with Crippen LogP contribution in [0.4, 0.5) is 9.59 Å². The summed E-state index contributed by atoms with van der Waals surface area (Å²) in [5.41, 5.74) is 4.92. The molecule has 2 amide bonds. The van der Waals surface area contributed by atoms with Gasteiger partial charge in [-0.2, -0.15) is 0 Å². The Balaban J connectivity index is 0.000000655. The molecular weight excluding hydrogens is 1520 g/mol. The van der Waals surface area contributed by atoms with Crippen LogP contribution in [0.25, 0.3) is 0 Å². The highest BCUT2D eigenvalue weighted by molar-refractivity contribution is 5.91. The zero-order chi connectivity index (χ0) is 93.4. The molecule has 10 aliphatic heterocycles. The minimum Gasteiger partial charge on any atom is -0.462 e. The summed E-state index contributed by atoms with van der Waals surface area (Å²) in [7, 11) is 3.52. The molecule has 25 nitrogen and oxygen atoms in total. The minimum atomic E-state index is -0.250. The highest BCUT2D eigenvalue weighted by Crippen LogP contribution is 2.39. The van der Waals surface area contributed by atoms with Gasteiger partial charge in [-0.25, -0.2) is 28.7 Å². The van der Waals surface area contributed by atoms with Crippen molar-refractivity contribution in [1.29, 1.82) is 0 Å². The molecule has 14 atom stereocenters. The van der Waals surface area contributed by atoms with E-state index in [9.17, 15) is 43.2 Å². The second-order valence-electron chi connectivity index (χ2n) is 45.7. The molecular formula is C94H165N5O20. The third kappa shape index (κ3) is 38.4. The molecule has 686 valence electrons. The molecule has 1 aromatic rings. The summed E-state index contributed by atoms with van der Waals surface area (Å²) in [5.74, 6) is -0.114. The van der Waals surface area contributed by atoms with E-state index < -0.39 is 0 Å². The number of carbonyl (C=O) groups is 8. The lowest BCUT2D eigenvalue weighted by Gasteiger charge is -2.24. The summed E-state index contributed by atoms with van der Waals surface area (Å²) in [6.45, 7) is 87.4. The zero-order valence-corrected chi connectivity index (χ0v) is 82.4. The topological polar surface area (TPSA) is 295 Å². The number of cyclic esters (lactones) is 8. The van der Waals surface area contributed by atoms with Crippen LogP contribution in [0.15, 0.2) is 49.1 Å². The maximum Gasteiger partial charge on any atom is 0.409 e. The van der Waals surface area contributed by atoms with Crippen molar-refractivity contribution in [2.24, 2.45) is 88.1 Å². The Morgan fingerprint density at radius 2 is 0.555 bits per heavy atom. The largest absolute Gasteiger partial charge is 0.462 e. The van der Waals surface area contributed by atoms with Crippen molar-refractivity contribution in [2.45, 2.75) is 396 Å². The summed E-state index contributed by atoms with van der Waals surface area (Å²) < 4.78 is 47.8. The van der Waals surface area contributed by atoms with Crippen LogP contribution in [0.5, 0.6) is 0 Å². The molecule has 0 aromatic carbocycles. The van der Waals surface area contributed by atoms with Crippen LogP contribution < -0.4 is 5.63 Å². The Kier molecular flexibility index (Phi) is 39.9. The van der Waals surface area contributed by atoms with Crippen LogP contribution in [0.2, 0.25) is 0 Å². The lowest BCUT2D eigenvalue weighted by Crippen LogP contribution is -2.29. The van der Waals surface area contributed by atoms with Gasteiger partial charge in [0.05, 0.1) is 59.3 Å². The van der Waals surface area contributed by atoms with Gasteiger partial charge in [-0.15, -0.1) is 0 Å². The van der Waals surface area contributed by atoms with Crippen LogP contribution in [-0.4, -0.2) is 162 Å². The normalized spacial score (nSPS) is 26.7. The molecule has 11 heterocycles. The monoisotopic (exact) mass is 1680 g/mol. The summed E-state index contributed by atoms with van der Waals surface area (Å²) in [4.78, 5) is 112. The van der Waals surface area contributed by atoms with E-state index in [-0.39, 0.29) is 198 Å². The van der Waals surface area contributed by atoms with Crippen molar-refractivity contribution in [3.63, 3.8) is 0 Å². The molecule has 0 aliphatic carbocycles. The average Bonchev–Trinajstić information content (AvgIpc) is 1.71. The third-order valence-electron chi connectivity index (χ3n) is 21.4. The van der Waals surface area contributed by atoms with E-state index in [1.54, 1.807) is 55.6 Å². The first-order chi connectivity index (χ1) is 53.2. The second-order valence-corrected chi connectivity index (χ2v) is 45.7. The molecule has 0 N–H and O–H groups in total. The highest BCUT2D eigenvalue weighted by Gasteiger charge is 2.44. The molecule has 0 saturated carbocycles. The number of esters is 6.